The van der Waals surface area contributed by atoms with Crippen LogP contribution in [0, 0.1) is 27.7 Å². The number of benzene rings is 1. The van der Waals surface area contributed by atoms with Crippen LogP contribution in [0.3, 0.4) is 0 Å². The highest BCUT2D eigenvalue weighted by Crippen LogP contribution is 2.21. The summed E-state index contributed by atoms with van der Waals surface area (Å²) in [5.74, 6) is 0.875. The summed E-state index contributed by atoms with van der Waals surface area (Å²) >= 11 is 0. The van der Waals surface area contributed by atoms with Gasteiger partial charge in [-0.1, -0.05) is 22.9 Å². The van der Waals surface area contributed by atoms with Gasteiger partial charge in [-0.05, 0) is 46.8 Å². The third-order valence-electron chi connectivity index (χ3n) is 4.42. The van der Waals surface area contributed by atoms with Crippen molar-refractivity contribution < 1.29 is 4.52 Å². The molecule has 0 fully saturated rings. The third kappa shape index (κ3) is 3.26. The average molecular weight is 324 g/mol. The van der Waals surface area contributed by atoms with Gasteiger partial charge in [0.2, 0.25) is 0 Å². The van der Waals surface area contributed by atoms with E-state index in [2.05, 4.69) is 59.9 Å². The molecule has 0 radical (unpaired) electrons. The summed E-state index contributed by atoms with van der Waals surface area (Å²) in [4.78, 5) is 0. The molecule has 2 heterocycles. The topological polar surface area (TPSA) is 55.9 Å². The largest absolute Gasteiger partial charge is 0.361 e. The minimum absolute atomic E-state index is 0.179. The summed E-state index contributed by atoms with van der Waals surface area (Å²) in [6, 6.07) is 8.56. The first-order chi connectivity index (χ1) is 11.5. The summed E-state index contributed by atoms with van der Waals surface area (Å²) in [6.45, 7) is 10.9. The molecule has 0 saturated carbocycles. The molecule has 126 valence electrons. The zero-order valence-corrected chi connectivity index (χ0v) is 14.9. The Balaban J connectivity index is 1.73. The van der Waals surface area contributed by atoms with Crippen molar-refractivity contribution in [2.24, 2.45) is 0 Å². The van der Waals surface area contributed by atoms with Crippen molar-refractivity contribution in [2.45, 2.75) is 47.2 Å². The summed E-state index contributed by atoms with van der Waals surface area (Å²) in [5, 5.41) is 12.2. The van der Waals surface area contributed by atoms with E-state index >= 15 is 0 Å². The fourth-order valence-electron chi connectivity index (χ4n) is 2.97. The van der Waals surface area contributed by atoms with Crippen LogP contribution < -0.4 is 5.32 Å². The standard InChI is InChI=1S/C19H24N4O/c1-12-6-8-18(9-7-12)23-11-17(13(2)21-23)10-20-14(3)19-15(4)22-24-16(19)5/h6-9,11,14,20H,10H2,1-5H3. The van der Waals surface area contributed by atoms with Gasteiger partial charge in [0, 0.05) is 29.9 Å². The molecular formula is C19H24N4O. The molecule has 24 heavy (non-hydrogen) atoms. The molecule has 1 atom stereocenters. The number of aromatic nitrogens is 3. The molecule has 0 aliphatic heterocycles. The van der Waals surface area contributed by atoms with Crippen LogP contribution in [-0.4, -0.2) is 14.9 Å². The molecule has 0 bridgehead atoms. The normalized spacial score (nSPS) is 12.5. The van der Waals surface area contributed by atoms with E-state index in [0.29, 0.717) is 0 Å². The SMILES string of the molecule is Cc1ccc(-n2cc(CNC(C)c3c(C)noc3C)c(C)n2)cc1. The second kappa shape index (κ2) is 6.61. The van der Waals surface area contributed by atoms with Gasteiger partial charge in [-0.3, -0.25) is 0 Å². The molecule has 0 spiro atoms. The molecule has 0 aliphatic rings. The zero-order chi connectivity index (χ0) is 17.3. The van der Waals surface area contributed by atoms with E-state index in [1.54, 1.807) is 0 Å². The first-order valence-corrected chi connectivity index (χ1v) is 8.24. The Bertz CT molecular complexity index is 810. The highest BCUT2D eigenvalue weighted by molar-refractivity contribution is 5.35. The Morgan fingerprint density at radius 1 is 1.08 bits per heavy atom. The average Bonchev–Trinajstić information content (AvgIpc) is 3.08. The number of rotatable bonds is 5. The van der Waals surface area contributed by atoms with Crippen LogP contribution in [0.2, 0.25) is 0 Å². The lowest BCUT2D eigenvalue weighted by atomic mass is 10.1. The monoisotopic (exact) mass is 324 g/mol. The summed E-state index contributed by atoms with van der Waals surface area (Å²) in [5.41, 5.74) is 6.63. The lowest BCUT2D eigenvalue weighted by Crippen LogP contribution is -2.19. The Morgan fingerprint density at radius 2 is 1.79 bits per heavy atom. The fraction of sp³-hybridized carbons (Fsp3) is 0.368. The second-order valence-corrected chi connectivity index (χ2v) is 6.36. The molecule has 3 rings (SSSR count). The van der Waals surface area contributed by atoms with Gasteiger partial charge in [0.1, 0.15) is 5.76 Å². The van der Waals surface area contributed by atoms with Gasteiger partial charge in [0.25, 0.3) is 0 Å². The number of hydrogen-bond donors (Lipinski definition) is 1. The Labute approximate surface area is 142 Å². The molecule has 1 N–H and O–H groups in total. The second-order valence-electron chi connectivity index (χ2n) is 6.36. The predicted molar refractivity (Wildman–Crippen MR) is 94.3 cm³/mol. The van der Waals surface area contributed by atoms with Crippen molar-refractivity contribution >= 4 is 0 Å². The number of hydrogen-bond acceptors (Lipinski definition) is 4. The molecule has 1 unspecified atom stereocenters. The number of nitrogens with one attached hydrogen (secondary N) is 1. The molecule has 3 aromatic rings. The lowest BCUT2D eigenvalue weighted by molar-refractivity contribution is 0.390. The molecule has 1 aromatic carbocycles. The van der Waals surface area contributed by atoms with Gasteiger partial charge >= 0.3 is 0 Å². The smallest absolute Gasteiger partial charge is 0.138 e. The molecule has 0 amide bonds. The van der Waals surface area contributed by atoms with Crippen molar-refractivity contribution in [3.05, 3.63) is 64.3 Å². The Kier molecular flexibility index (Phi) is 4.53. The van der Waals surface area contributed by atoms with E-state index < -0.39 is 0 Å². The van der Waals surface area contributed by atoms with Crippen LogP contribution in [0.15, 0.2) is 35.0 Å². The molecule has 5 nitrogen and oxygen atoms in total. The summed E-state index contributed by atoms with van der Waals surface area (Å²) < 4.78 is 7.19. The maximum Gasteiger partial charge on any atom is 0.138 e. The van der Waals surface area contributed by atoms with Crippen LogP contribution in [0.1, 0.15) is 46.8 Å². The van der Waals surface area contributed by atoms with Gasteiger partial charge in [0.05, 0.1) is 17.1 Å². The van der Waals surface area contributed by atoms with Crippen LogP contribution in [0.4, 0.5) is 0 Å². The van der Waals surface area contributed by atoms with Crippen LogP contribution in [0.5, 0.6) is 0 Å². The number of nitrogens with zero attached hydrogens (tertiary/aromatic N) is 3. The van der Waals surface area contributed by atoms with Crippen molar-refractivity contribution in [1.29, 1.82) is 0 Å². The maximum atomic E-state index is 5.26. The Morgan fingerprint density at radius 3 is 2.42 bits per heavy atom. The van der Waals surface area contributed by atoms with Crippen molar-refractivity contribution in [1.82, 2.24) is 20.3 Å². The van der Waals surface area contributed by atoms with Gasteiger partial charge in [-0.25, -0.2) is 4.68 Å². The van der Waals surface area contributed by atoms with Gasteiger partial charge < -0.3 is 9.84 Å². The highest BCUT2D eigenvalue weighted by Gasteiger charge is 2.16. The molecular weight excluding hydrogens is 300 g/mol. The maximum absolute atomic E-state index is 5.26. The predicted octanol–water partition coefficient (Wildman–Crippen LogP) is 3.94. The third-order valence-corrected chi connectivity index (χ3v) is 4.42. The van der Waals surface area contributed by atoms with E-state index in [0.717, 1.165) is 34.9 Å². The zero-order valence-electron chi connectivity index (χ0n) is 14.9. The van der Waals surface area contributed by atoms with Gasteiger partial charge in [-0.2, -0.15) is 5.10 Å². The minimum atomic E-state index is 0.179. The first-order valence-electron chi connectivity index (χ1n) is 8.24. The molecule has 0 aliphatic carbocycles. The number of aryl methyl sites for hydroxylation is 4. The van der Waals surface area contributed by atoms with E-state index in [9.17, 15) is 0 Å². The van der Waals surface area contributed by atoms with E-state index in [1.165, 1.54) is 11.1 Å². The minimum Gasteiger partial charge on any atom is -0.361 e. The van der Waals surface area contributed by atoms with Crippen molar-refractivity contribution in [3.8, 4) is 5.69 Å². The van der Waals surface area contributed by atoms with Gasteiger partial charge in [-0.15, -0.1) is 0 Å². The van der Waals surface area contributed by atoms with Gasteiger partial charge in [0.15, 0.2) is 0 Å². The fourth-order valence-corrected chi connectivity index (χ4v) is 2.97. The highest BCUT2D eigenvalue weighted by atomic mass is 16.5. The first kappa shape index (κ1) is 16.5. The van der Waals surface area contributed by atoms with E-state index in [-0.39, 0.29) is 6.04 Å². The van der Waals surface area contributed by atoms with Crippen LogP contribution in [-0.2, 0) is 6.54 Å². The van der Waals surface area contributed by atoms with Crippen molar-refractivity contribution in [2.75, 3.05) is 0 Å². The van der Waals surface area contributed by atoms with E-state index in [4.69, 9.17) is 4.52 Å². The van der Waals surface area contributed by atoms with E-state index in [1.807, 2.05) is 25.5 Å². The molecule has 5 heteroatoms. The van der Waals surface area contributed by atoms with Crippen LogP contribution >= 0.6 is 0 Å². The van der Waals surface area contributed by atoms with Crippen molar-refractivity contribution in [3.63, 3.8) is 0 Å². The quantitative estimate of drug-likeness (QED) is 0.772. The summed E-state index contributed by atoms with van der Waals surface area (Å²) in [7, 11) is 0. The lowest BCUT2D eigenvalue weighted by Gasteiger charge is -2.13. The molecule has 2 aromatic heterocycles. The van der Waals surface area contributed by atoms with Crippen LogP contribution in [0.25, 0.3) is 5.69 Å². The Hall–Kier alpha value is -2.40. The molecule has 0 saturated heterocycles. The summed E-state index contributed by atoms with van der Waals surface area (Å²) in [6.07, 6.45) is 2.09.